The molecule has 3 nitrogen and oxygen atoms in total. The normalized spacial score (nSPS) is 11.9. The summed E-state index contributed by atoms with van der Waals surface area (Å²) >= 11 is 0. The quantitative estimate of drug-likeness (QED) is 0.167. The minimum atomic E-state index is -2.01. The van der Waals surface area contributed by atoms with Crippen LogP contribution in [0.4, 0.5) is 5.69 Å². The van der Waals surface area contributed by atoms with Crippen molar-refractivity contribution in [2.45, 2.75) is 26.2 Å². The van der Waals surface area contributed by atoms with Gasteiger partial charge in [-0.25, -0.2) is 4.85 Å². The average Bonchev–Trinajstić information content (AvgIpc) is 3.34. The number of nitriles is 1. The van der Waals surface area contributed by atoms with Crippen molar-refractivity contribution in [2.24, 2.45) is 0 Å². The average molecular weight is 562 g/mol. The predicted molar refractivity (Wildman–Crippen MR) is 178 cm³/mol. The van der Waals surface area contributed by atoms with Gasteiger partial charge in [0, 0.05) is 16.5 Å². The Morgan fingerprint density at radius 1 is 0.610 bits per heavy atom. The standard InChI is InChI=1S/C36H31N3Si2/c1-38-27-13-17-30(18-14-27)41(4,5)32-20-22-36-34(24-32)33-23-31(40(2,3)29-15-11-26(25-37)12-16-29)19-21-35(33)39(36)28-9-7-6-8-10-28/h6-24H,2-5H3. The van der Waals surface area contributed by atoms with Crippen molar-refractivity contribution in [3.63, 3.8) is 0 Å². The van der Waals surface area contributed by atoms with Gasteiger partial charge >= 0.3 is 0 Å². The number of para-hydroxylation sites is 1. The van der Waals surface area contributed by atoms with Gasteiger partial charge in [0.25, 0.3) is 0 Å². The van der Waals surface area contributed by atoms with Gasteiger partial charge in [-0.1, -0.05) is 126 Å². The third kappa shape index (κ3) is 4.50. The zero-order valence-corrected chi connectivity index (χ0v) is 25.8. The summed E-state index contributed by atoms with van der Waals surface area (Å²) in [7, 11) is -4.02. The van der Waals surface area contributed by atoms with Crippen LogP contribution in [0.2, 0.25) is 26.2 Å². The van der Waals surface area contributed by atoms with E-state index in [4.69, 9.17) is 6.57 Å². The fraction of sp³-hybridized carbons (Fsp3) is 0.111. The predicted octanol–water partition coefficient (Wildman–Crippen LogP) is 6.85. The molecule has 0 saturated carbocycles. The SMILES string of the molecule is [C-]#[N+]c1ccc([Si](C)(C)c2ccc3c(c2)c2cc([Si](C)(C)c4ccc(C#N)cc4)ccc2n3-c2ccccc2)cc1. The fourth-order valence-electron chi connectivity index (χ4n) is 5.90. The van der Waals surface area contributed by atoms with Crippen LogP contribution in [0.1, 0.15) is 5.56 Å². The Morgan fingerprint density at radius 3 is 1.54 bits per heavy atom. The van der Waals surface area contributed by atoms with Crippen molar-refractivity contribution in [3.8, 4) is 11.8 Å². The molecule has 1 aromatic heterocycles. The molecular weight excluding hydrogens is 531 g/mol. The molecule has 1 heterocycles. The van der Waals surface area contributed by atoms with Crippen LogP contribution >= 0.6 is 0 Å². The number of nitrogens with zero attached hydrogens (tertiary/aromatic N) is 3. The van der Waals surface area contributed by atoms with Crippen molar-refractivity contribution >= 4 is 64.4 Å². The van der Waals surface area contributed by atoms with Crippen LogP contribution < -0.4 is 20.7 Å². The lowest BCUT2D eigenvalue weighted by Crippen LogP contribution is -2.52. The van der Waals surface area contributed by atoms with Gasteiger partial charge in [-0.3, -0.25) is 0 Å². The second-order valence-electron chi connectivity index (χ2n) is 11.7. The molecule has 0 fully saturated rings. The molecular formula is C36H31N3Si2. The first kappa shape index (κ1) is 26.5. The maximum absolute atomic E-state index is 9.29. The van der Waals surface area contributed by atoms with E-state index in [-0.39, 0.29) is 0 Å². The Kier molecular flexibility index (Phi) is 6.51. The number of rotatable bonds is 5. The van der Waals surface area contributed by atoms with E-state index in [1.807, 2.05) is 24.3 Å². The topological polar surface area (TPSA) is 33.1 Å². The zero-order chi connectivity index (χ0) is 28.8. The van der Waals surface area contributed by atoms with Crippen LogP contribution in [0, 0.1) is 17.9 Å². The summed E-state index contributed by atoms with van der Waals surface area (Å²) in [6.07, 6.45) is 0. The molecule has 0 saturated heterocycles. The second-order valence-corrected chi connectivity index (χ2v) is 20.5. The lowest BCUT2D eigenvalue weighted by molar-refractivity contribution is 1.18. The molecule has 0 aliphatic rings. The molecule has 0 amide bonds. The first-order valence-electron chi connectivity index (χ1n) is 13.9. The number of benzene rings is 5. The molecule has 0 bridgehead atoms. The molecule has 0 unspecified atom stereocenters. The van der Waals surface area contributed by atoms with Gasteiger partial charge in [0.05, 0.1) is 29.2 Å². The maximum Gasteiger partial charge on any atom is 0.187 e. The van der Waals surface area contributed by atoms with E-state index >= 15 is 0 Å². The summed E-state index contributed by atoms with van der Waals surface area (Å²) in [6.45, 7) is 16.9. The van der Waals surface area contributed by atoms with E-state index in [2.05, 4.69) is 133 Å². The highest BCUT2D eigenvalue weighted by Gasteiger charge is 2.29. The summed E-state index contributed by atoms with van der Waals surface area (Å²) in [4.78, 5) is 3.58. The number of aromatic nitrogens is 1. The summed E-state index contributed by atoms with van der Waals surface area (Å²) in [6, 6.07) is 43.2. The summed E-state index contributed by atoms with van der Waals surface area (Å²) < 4.78 is 2.38. The van der Waals surface area contributed by atoms with Crippen LogP contribution in [0.15, 0.2) is 115 Å². The molecule has 198 valence electrons. The van der Waals surface area contributed by atoms with Gasteiger partial charge in [0.2, 0.25) is 0 Å². The number of hydrogen-bond donors (Lipinski definition) is 0. The molecule has 0 spiro atoms. The van der Waals surface area contributed by atoms with Crippen molar-refractivity contribution in [1.82, 2.24) is 4.57 Å². The molecule has 5 heteroatoms. The van der Waals surface area contributed by atoms with E-state index in [1.165, 1.54) is 42.6 Å². The first-order chi connectivity index (χ1) is 19.7. The fourth-order valence-corrected chi connectivity index (χ4v) is 10.6. The van der Waals surface area contributed by atoms with E-state index in [9.17, 15) is 5.26 Å². The lowest BCUT2D eigenvalue weighted by atomic mass is 10.1. The van der Waals surface area contributed by atoms with Crippen LogP contribution in [0.25, 0.3) is 32.3 Å². The van der Waals surface area contributed by atoms with E-state index in [0.29, 0.717) is 11.3 Å². The van der Waals surface area contributed by atoms with Crippen molar-refractivity contribution in [1.29, 1.82) is 5.26 Å². The molecule has 0 radical (unpaired) electrons. The van der Waals surface area contributed by atoms with Crippen molar-refractivity contribution in [3.05, 3.63) is 132 Å². The van der Waals surface area contributed by atoms with E-state index in [1.54, 1.807) is 0 Å². The highest BCUT2D eigenvalue weighted by atomic mass is 28.3. The molecule has 0 atom stereocenters. The van der Waals surface area contributed by atoms with E-state index in [0.717, 1.165) is 5.69 Å². The molecule has 0 aliphatic heterocycles. The Labute approximate surface area is 243 Å². The zero-order valence-electron chi connectivity index (χ0n) is 23.8. The van der Waals surface area contributed by atoms with Crippen LogP contribution in [-0.4, -0.2) is 20.7 Å². The highest BCUT2D eigenvalue weighted by molar-refractivity contribution is 7.01. The van der Waals surface area contributed by atoms with Crippen molar-refractivity contribution in [2.75, 3.05) is 0 Å². The molecule has 0 aliphatic carbocycles. The molecule has 0 N–H and O–H groups in total. The number of hydrogen-bond acceptors (Lipinski definition) is 1. The number of fused-ring (bicyclic) bond motifs is 3. The van der Waals surface area contributed by atoms with Crippen LogP contribution in [-0.2, 0) is 0 Å². The summed E-state index contributed by atoms with van der Waals surface area (Å²) in [5.41, 5.74) is 4.95. The summed E-state index contributed by atoms with van der Waals surface area (Å²) in [5.74, 6) is 0. The Balaban J connectivity index is 1.57. The van der Waals surface area contributed by atoms with Gasteiger partial charge < -0.3 is 4.57 Å². The van der Waals surface area contributed by atoms with Gasteiger partial charge in [-0.15, -0.1) is 0 Å². The van der Waals surface area contributed by atoms with Gasteiger partial charge in [0.15, 0.2) is 5.69 Å². The highest BCUT2D eigenvalue weighted by Crippen LogP contribution is 2.32. The van der Waals surface area contributed by atoms with Crippen LogP contribution in [0.3, 0.4) is 0 Å². The Morgan fingerprint density at radius 2 is 1.07 bits per heavy atom. The van der Waals surface area contributed by atoms with E-state index < -0.39 is 16.1 Å². The third-order valence-corrected chi connectivity index (χ3v) is 15.7. The minimum absolute atomic E-state index is 0.682. The Bertz CT molecular complexity index is 1860. The monoisotopic (exact) mass is 561 g/mol. The maximum atomic E-state index is 9.29. The second kappa shape index (κ2) is 10.1. The van der Waals surface area contributed by atoms with Gasteiger partial charge in [-0.05, 0) is 36.4 Å². The first-order valence-corrected chi connectivity index (χ1v) is 19.9. The lowest BCUT2D eigenvalue weighted by Gasteiger charge is -2.24. The van der Waals surface area contributed by atoms with Crippen molar-refractivity contribution < 1.29 is 0 Å². The molecule has 6 rings (SSSR count). The van der Waals surface area contributed by atoms with Crippen LogP contribution in [0.5, 0.6) is 0 Å². The molecule has 41 heavy (non-hydrogen) atoms. The molecule has 6 aromatic rings. The largest absolute Gasteiger partial charge is 0.309 e. The Hall–Kier alpha value is -4.69. The molecule has 5 aromatic carbocycles. The minimum Gasteiger partial charge on any atom is -0.309 e. The summed E-state index contributed by atoms with van der Waals surface area (Å²) in [5, 5.41) is 17.2. The third-order valence-electron chi connectivity index (χ3n) is 8.68. The van der Waals surface area contributed by atoms with Gasteiger partial charge in [0.1, 0.15) is 16.1 Å². The smallest absolute Gasteiger partial charge is 0.187 e. The van der Waals surface area contributed by atoms with Gasteiger partial charge in [-0.2, -0.15) is 5.26 Å².